The summed E-state index contributed by atoms with van der Waals surface area (Å²) < 4.78 is 7.17. The van der Waals surface area contributed by atoms with E-state index in [-0.39, 0.29) is 18.0 Å². The van der Waals surface area contributed by atoms with Gasteiger partial charge in [0.25, 0.3) is 5.91 Å². The van der Waals surface area contributed by atoms with Gasteiger partial charge in [0.15, 0.2) is 0 Å². The zero-order chi connectivity index (χ0) is 20.1. The Morgan fingerprint density at radius 2 is 2.29 bits per heavy atom. The Morgan fingerprint density at radius 1 is 1.46 bits per heavy atom. The van der Waals surface area contributed by atoms with E-state index in [2.05, 4.69) is 24.1 Å². The Hall–Kier alpha value is -1.63. The number of carbonyl (C=O) groups excluding carboxylic acids is 1. The fourth-order valence-electron chi connectivity index (χ4n) is 4.09. The van der Waals surface area contributed by atoms with E-state index in [9.17, 15) is 4.79 Å². The molecule has 0 aliphatic carbocycles. The first kappa shape index (κ1) is 21.1. The number of halogens is 1. The molecule has 1 atom stereocenters. The molecule has 0 aromatic carbocycles. The zero-order valence-corrected chi connectivity index (χ0v) is 17.8. The third kappa shape index (κ3) is 4.34. The number of amides is 1. The largest absolute Gasteiger partial charge is 0.385 e. The molecule has 1 N–H and O–H groups in total. The zero-order valence-electron chi connectivity index (χ0n) is 17.1. The van der Waals surface area contributed by atoms with E-state index >= 15 is 0 Å². The summed E-state index contributed by atoms with van der Waals surface area (Å²) in [6.07, 6.45) is 5.67. The molecule has 154 valence electrons. The fraction of sp³-hybridized carbons (Fsp3) is 0.619. The van der Waals surface area contributed by atoms with Gasteiger partial charge in [-0.2, -0.15) is 0 Å². The normalized spacial score (nSPS) is 17.4. The summed E-state index contributed by atoms with van der Waals surface area (Å²) in [5, 5.41) is 4.77. The molecule has 28 heavy (non-hydrogen) atoms. The predicted octanol–water partition coefficient (Wildman–Crippen LogP) is 3.72. The summed E-state index contributed by atoms with van der Waals surface area (Å²) in [5.41, 5.74) is 1.34. The van der Waals surface area contributed by atoms with Crippen molar-refractivity contribution in [3.63, 3.8) is 0 Å². The number of ether oxygens (including phenoxy) is 1. The Kier molecular flexibility index (Phi) is 7.32. The molecule has 0 radical (unpaired) electrons. The smallest absolute Gasteiger partial charge is 0.272 e. The lowest BCUT2D eigenvalue weighted by atomic mass is 10.0. The van der Waals surface area contributed by atoms with Crippen LogP contribution in [0.15, 0.2) is 18.3 Å². The first-order valence-electron chi connectivity index (χ1n) is 10.2. The maximum Gasteiger partial charge on any atom is 0.272 e. The Bertz CT molecular complexity index is 799. The van der Waals surface area contributed by atoms with Crippen LogP contribution in [0.4, 0.5) is 0 Å². The second-order valence-electron chi connectivity index (χ2n) is 7.70. The third-order valence-corrected chi connectivity index (χ3v) is 5.78. The molecule has 7 heteroatoms. The van der Waals surface area contributed by atoms with Crippen molar-refractivity contribution in [1.29, 1.82) is 0 Å². The quantitative estimate of drug-likeness (QED) is 0.679. The summed E-state index contributed by atoms with van der Waals surface area (Å²) in [4.78, 5) is 20.2. The van der Waals surface area contributed by atoms with Crippen molar-refractivity contribution in [3.05, 3.63) is 29.0 Å². The second-order valence-corrected chi connectivity index (χ2v) is 8.07. The summed E-state index contributed by atoms with van der Waals surface area (Å²) in [6, 6.07) is 4.09. The molecule has 2 aromatic heterocycles. The Morgan fingerprint density at radius 3 is 2.96 bits per heavy atom. The second kappa shape index (κ2) is 9.72. The van der Waals surface area contributed by atoms with Crippen LogP contribution in [0.25, 0.3) is 11.0 Å². The SMILES string of the molecule is COCCCCn1c(C(=O)N(C(C)C)C2CCCNC2)c(Cl)c2cccnc21. The van der Waals surface area contributed by atoms with Gasteiger partial charge in [-0.1, -0.05) is 11.6 Å². The molecule has 1 aliphatic heterocycles. The maximum atomic E-state index is 13.7. The van der Waals surface area contributed by atoms with E-state index in [1.54, 1.807) is 13.3 Å². The summed E-state index contributed by atoms with van der Waals surface area (Å²) in [6.45, 7) is 7.39. The number of aryl methyl sites for hydroxylation is 1. The first-order valence-corrected chi connectivity index (χ1v) is 10.6. The molecular formula is C21H31ClN4O2. The summed E-state index contributed by atoms with van der Waals surface area (Å²) in [7, 11) is 1.71. The highest BCUT2D eigenvalue weighted by Gasteiger charge is 2.32. The number of methoxy groups -OCH3 is 1. The van der Waals surface area contributed by atoms with Gasteiger partial charge in [0, 0.05) is 50.5 Å². The molecular weight excluding hydrogens is 376 g/mol. The van der Waals surface area contributed by atoms with Gasteiger partial charge in [0.2, 0.25) is 0 Å². The van der Waals surface area contributed by atoms with Gasteiger partial charge in [-0.3, -0.25) is 4.79 Å². The first-order chi connectivity index (χ1) is 13.6. The number of fused-ring (bicyclic) bond motifs is 1. The Labute approximate surface area is 172 Å². The van der Waals surface area contributed by atoms with Gasteiger partial charge in [-0.05, 0) is 58.2 Å². The average molecular weight is 407 g/mol. The lowest BCUT2D eigenvalue weighted by Crippen LogP contribution is -2.52. The molecule has 0 spiro atoms. The van der Waals surface area contributed by atoms with Crippen LogP contribution in [0.3, 0.4) is 0 Å². The number of piperidine rings is 1. The van der Waals surface area contributed by atoms with Crippen LogP contribution in [-0.4, -0.2) is 59.2 Å². The highest BCUT2D eigenvalue weighted by molar-refractivity contribution is 6.38. The molecule has 3 rings (SSSR count). The van der Waals surface area contributed by atoms with E-state index in [1.165, 1.54) is 0 Å². The number of unbranched alkanes of at least 4 members (excludes halogenated alkanes) is 1. The minimum absolute atomic E-state index is 0.00144. The van der Waals surface area contributed by atoms with Crippen molar-refractivity contribution in [2.24, 2.45) is 0 Å². The summed E-state index contributed by atoms with van der Waals surface area (Å²) in [5.74, 6) is -0.00144. The van der Waals surface area contributed by atoms with Crippen LogP contribution in [0.1, 0.15) is 50.0 Å². The minimum Gasteiger partial charge on any atom is -0.385 e. The van der Waals surface area contributed by atoms with E-state index in [0.29, 0.717) is 23.9 Å². The molecule has 1 aliphatic rings. The number of rotatable bonds is 8. The molecule has 1 saturated heterocycles. The number of carbonyl (C=O) groups is 1. The number of hydrogen-bond acceptors (Lipinski definition) is 4. The molecule has 0 saturated carbocycles. The topological polar surface area (TPSA) is 59.4 Å². The van der Waals surface area contributed by atoms with Crippen molar-refractivity contribution in [2.75, 3.05) is 26.8 Å². The number of pyridine rings is 1. The number of hydrogen-bond donors (Lipinski definition) is 1. The number of aromatic nitrogens is 2. The fourth-order valence-corrected chi connectivity index (χ4v) is 4.42. The van der Waals surface area contributed by atoms with Gasteiger partial charge in [-0.15, -0.1) is 0 Å². The van der Waals surface area contributed by atoms with Crippen LogP contribution in [0.5, 0.6) is 0 Å². The van der Waals surface area contributed by atoms with Gasteiger partial charge in [-0.25, -0.2) is 4.98 Å². The summed E-state index contributed by atoms with van der Waals surface area (Å²) >= 11 is 6.74. The molecule has 1 unspecified atom stereocenters. The van der Waals surface area contributed by atoms with Crippen molar-refractivity contribution in [2.45, 2.75) is 58.2 Å². The number of nitrogens with zero attached hydrogens (tertiary/aromatic N) is 3. The van der Waals surface area contributed by atoms with Crippen molar-refractivity contribution in [1.82, 2.24) is 19.8 Å². The minimum atomic E-state index is -0.00144. The van der Waals surface area contributed by atoms with Gasteiger partial charge < -0.3 is 19.5 Å². The highest BCUT2D eigenvalue weighted by Crippen LogP contribution is 2.32. The number of nitrogens with one attached hydrogen (secondary N) is 1. The highest BCUT2D eigenvalue weighted by atomic mass is 35.5. The molecule has 1 amide bonds. The molecule has 2 aromatic rings. The van der Waals surface area contributed by atoms with Gasteiger partial charge >= 0.3 is 0 Å². The van der Waals surface area contributed by atoms with E-state index < -0.39 is 0 Å². The van der Waals surface area contributed by atoms with E-state index in [0.717, 1.165) is 49.8 Å². The van der Waals surface area contributed by atoms with Crippen LogP contribution in [-0.2, 0) is 11.3 Å². The molecule has 3 heterocycles. The Balaban J connectivity index is 1.99. The van der Waals surface area contributed by atoms with Crippen LogP contribution in [0, 0.1) is 0 Å². The lowest BCUT2D eigenvalue weighted by Gasteiger charge is -2.37. The average Bonchev–Trinajstić information content (AvgIpc) is 2.98. The molecule has 1 fully saturated rings. The molecule has 0 bridgehead atoms. The standard InChI is InChI=1S/C21H31ClN4O2/c1-15(2)26(16-8-6-10-23-14-16)21(27)19-18(22)17-9-7-11-24-20(17)25(19)12-4-5-13-28-3/h7,9,11,15-16,23H,4-6,8,10,12-14H2,1-3H3. The maximum absolute atomic E-state index is 13.7. The third-order valence-electron chi connectivity index (χ3n) is 5.39. The van der Waals surface area contributed by atoms with Crippen LogP contribution in [0.2, 0.25) is 5.02 Å². The van der Waals surface area contributed by atoms with E-state index in [1.807, 2.05) is 21.6 Å². The van der Waals surface area contributed by atoms with E-state index in [4.69, 9.17) is 16.3 Å². The monoisotopic (exact) mass is 406 g/mol. The predicted molar refractivity (Wildman–Crippen MR) is 113 cm³/mol. The van der Waals surface area contributed by atoms with Crippen molar-refractivity contribution < 1.29 is 9.53 Å². The van der Waals surface area contributed by atoms with Crippen molar-refractivity contribution in [3.8, 4) is 0 Å². The van der Waals surface area contributed by atoms with Crippen LogP contribution >= 0.6 is 11.6 Å². The lowest BCUT2D eigenvalue weighted by molar-refractivity contribution is 0.0562. The van der Waals surface area contributed by atoms with Crippen molar-refractivity contribution >= 4 is 28.5 Å². The van der Waals surface area contributed by atoms with Crippen LogP contribution < -0.4 is 5.32 Å². The van der Waals surface area contributed by atoms with Gasteiger partial charge in [0.05, 0.1) is 5.02 Å². The van der Waals surface area contributed by atoms with Gasteiger partial charge in [0.1, 0.15) is 11.3 Å². The molecule has 6 nitrogen and oxygen atoms in total.